The second kappa shape index (κ2) is 9.94. The van der Waals surface area contributed by atoms with E-state index in [1.54, 1.807) is 19.1 Å². The van der Waals surface area contributed by atoms with E-state index in [-0.39, 0.29) is 16.5 Å². The van der Waals surface area contributed by atoms with Crippen LogP contribution in [-0.2, 0) is 11.3 Å². The molecule has 0 unspecified atom stereocenters. The normalized spacial score (nSPS) is 14.7. The molecule has 1 fully saturated rings. The number of benzene rings is 2. The number of nitrogens with zero attached hydrogens (tertiary/aromatic N) is 1. The average molecular weight is 422 g/mol. The van der Waals surface area contributed by atoms with Crippen molar-refractivity contribution in [3.8, 4) is 11.5 Å². The van der Waals surface area contributed by atoms with Gasteiger partial charge in [-0.15, -0.1) is 0 Å². The number of methoxy groups -OCH3 is 2. The zero-order valence-electron chi connectivity index (χ0n) is 16.6. The molecule has 156 valence electrons. The Balaban J connectivity index is 1.49. The SMILES string of the molecule is COc1cc(COCC2CCN(C(=O)c3c(F)cccc3Cl)CC2)cc(OC)c1. The van der Waals surface area contributed by atoms with Crippen LogP contribution in [0.15, 0.2) is 36.4 Å². The molecule has 2 aromatic rings. The number of amides is 1. The van der Waals surface area contributed by atoms with E-state index in [0.29, 0.717) is 32.2 Å². The molecule has 0 aromatic heterocycles. The van der Waals surface area contributed by atoms with Crippen LogP contribution in [0.25, 0.3) is 0 Å². The molecule has 1 amide bonds. The topological polar surface area (TPSA) is 48.0 Å². The van der Waals surface area contributed by atoms with Crippen LogP contribution in [-0.4, -0.2) is 44.7 Å². The Labute approximate surface area is 175 Å². The van der Waals surface area contributed by atoms with Crippen molar-refractivity contribution in [2.45, 2.75) is 19.4 Å². The van der Waals surface area contributed by atoms with Gasteiger partial charge in [-0.2, -0.15) is 0 Å². The van der Waals surface area contributed by atoms with Crippen LogP contribution in [0.5, 0.6) is 11.5 Å². The summed E-state index contributed by atoms with van der Waals surface area (Å²) in [6.07, 6.45) is 1.61. The third-order valence-electron chi connectivity index (χ3n) is 5.11. The summed E-state index contributed by atoms with van der Waals surface area (Å²) >= 11 is 6.02. The summed E-state index contributed by atoms with van der Waals surface area (Å²) in [7, 11) is 3.23. The van der Waals surface area contributed by atoms with Gasteiger partial charge < -0.3 is 19.1 Å². The van der Waals surface area contributed by atoms with Gasteiger partial charge in [-0.1, -0.05) is 17.7 Å². The maximum absolute atomic E-state index is 14.0. The molecule has 0 aliphatic carbocycles. The molecule has 3 rings (SSSR count). The van der Waals surface area contributed by atoms with Crippen LogP contribution < -0.4 is 9.47 Å². The molecule has 0 atom stereocenters. The van der Waals surface area contributed by atoms with Gasteiger partial charge in [0.05, 0.1) is 31.4 Å². The number of rotatable bonds is 7. The minimum atomic E-state index is -0.582. The first kappa shape index (κ1) is 21.4. The number of piperidine rings is 1. The van der Waals surface area contributed by atoms with Crippen molar-refractivity contribution in [1.29, 1.82) is 0 Å². The number of halogens is 2. The number of hydrogen-bond acceptors (Lipinski definition) is 4. The van der Waals surface area contributed by atoms with Crippen LogP contribution in [0, 0.1) is 11.7 Å². The monoisotopic (exact) mass is 421 g/mol. The highest BCUT2D eigenvalue weighted by molar-refractivity contribution is 6.33. The molecule has 0 bridgehead atoms. The van der Waals surface area contributed by atoms with Crippen molar-refractivity contribution in [2.75, 3.05) is 33.9 Å². The fourth-order valence-electron chi connectivity index (χ4n) is 3.46. The Kier molecular flexibility index (Phi) is 7.34. The Morgan fingerprint density at radius 3 is 2.38 bits per heavy atom. The number of carbonyl (C=O) groups excluding carboxylic acids is 1. The highest BCUT2D eigenvalue weighted by Crippen LogP contribution is 2.26. The van der Waals surface area contributed by atoms with E-state index < -0.39 is 5.82 Å². The Morgan fingerprint density at radius 2 is 1.79 bits per heavy atom. The summed E-state index contributed by atoms with van der Waals surface area (Å²) in [5, 5.41) is 0.147. The predicted molar refractivity (Wildman–Crippen MR) is 109 cm³/mol. The van der Waals surface area contributed by atoms with Gasteiger partial charge in [0.25, 0.3) is 5.91 Å². The van der Waals surface area contributed by atoms with Gasteiger partial charge in [0.15, 0.2) is 0 Å². The van der Waals surface area contributed by atoms with Crippen molar-refractivity contribution in [2.24, 2.45) is 5.92 Å². The summed E-state index contributed by atoms with van der Waals surface area (Å²) in [6.45, 7) is 2.18. The molecular formula is C22H25ClFNO4. The lowest BCUT2D eigenvalue weighted by Crippen LogP contribution is -2.39. The fraction of sp³-hybridized carbons (Fsp3) is 0.409. The summed E-state index contributed by atoms with van der Waals surface area (Å²) in [5.74, 6) is 0.864. The lowest BCUT2D eigenvalue weighted by molar-refractivity contribution is 0.0475. The van der Waals surface area contributed by atoms with Crippen molar-refractivity contribution in [3.63, 3.8) is 0 Å². The van der Waals surface area contributed by atoms with Crippen molar-refractivity contribution in [3.05, 3.63) is 58.4 Å². The lowest BCUT2D eigenvalue weighted by atomic mass is 9.97. The Hall–Kier alpha value is -2.31. The molecule has 5 nitrogen and oxygen atoms in total. The van der Waals surface area contributed by atoms with Gasteiger partial charge in [-0.3, -0.25) is 4.79 Å². The molecule has 1 saturated heterocycles. The van der Waals surface area contributed by atoms with Crippen LogP contribution in [0.3, 0.4) is 0 Å². The smallest absolute Gasteiger partial charge is 0.258 e. The van der Waals surface area contributed by atoms with Crippen molar-refractivity contribution in [1.82, 2.24) is 4.90 Å². The van der Waals surface area contributed by atoms with Crippen molar-refractivity contribution < 1.29 is 23.4 Å². The molecule has 0 spiro atoms. The van der Waals surface area contributed by atoms with E-state index in [4.69, 9.17) is 25.8 Å². The molecule has 1 heterocycles. The van der Waals surface area contributed by atoms with Gasteiger partial charge in [0.2, 0.25) is 0 Å². The highest BCUT2D eigenvalue weighted by atomic mass is 35.5. The van der Waals surface area contributed by atoms with E-state index in [1.807, 2.05) is 18.2 Å². The molecule has 1 aliphatic heterocycles. The largest absolute Gasteiger partial charge is 0.497 e. The molecular weight excluding hydrogens is 397 g/mol. The van der Waals surface area contributed by atoms with Crippen LogP contribution in [0.2, 0.25) is 5.02 Å². The van der Waals surface area contributed by atoms with E-state index in [0.717, 1.165) is 29.9 Å². The first-order valence-corrected chi connectivity index (χ1v) is 9.92. The second-order valence-corrected chi connectivity index (χ2v) is 7.48. The van der Waals surface area contributed by atoms with Crippen molar-refractivity contribution >= 4 is 17.5 Å². The van der Waals surface area contributed by atoms with E-state index in [2.05, 4.69) is 0 Å². The number of ether oxygens (including phenoxy) is 3. The third kappa shape index (κ3) is 5.40. The number of hydrogen-bond donors (Lipinski definition) is 0. The molecule has 0 N–H and O–H groups in total. The predicted octanol–water partition coefficient (Wildman–Crippen LogP) is 4.57. The Bertz CT molecular complexity index is 810. The van der Waals surface area contributed by atoms with E-state index in [9.17, 15) is 9.18 Å². The van der Waals surface area contributed by atoms with Gasteiger partial charge in [-0.25, -0.2) is 4.39 Å². The minimum Gasteiger partial charge on any atom is -0.497 e. The Morgan fingerprint density at radius 1 is 1.14 bits per heavy atom. The van der Waals surface area contributed by atoms with Gasteiger partial charge in [0, 0.05) is 25.8 Å². The third-order valence-corrected chi connectivity index (χ3v) is 5.43. The lowest BCUT2D eigenvalue weighted by Gasteiger charge is -2.32. The van der Waals surface area contributed by atoms with Crippen LogP contribution in [0.1, 0.15) is 28.8 Å². The summed E-state index contributed by atoms with van der Waals surface area (Å²) in [5.41, 5.74) is 0.929. The molecule has 1 aliphatic rings. The number of likely N-dealkylation sites (tertiary alicyclic amines) is 1. The summed E-state index contributed by atoms with van der Waals surface area (Å²) in [6, 6.07) is 9.94. The van der Waals surface area contributed by atoms with E-state index in [1.165, 1.54) is 18.2 Å². The maximum atomic E-state index is 14.0. The first-order chi connectivity index (χ1) is 14.0. The summed E-state index contributed by atoms with van der Waals surface area (Å²) in [4.78, 5) is 14.3. The minimum absolute atomic E-state index is 0.0455. The van der Waals surface area contributed by atoms with E-state index >= 15 is 0 Å². The fourth-order valence-corrected chi connectivity index (χ4v) is 3.70. The van der Waals surface area contributed by atoms with Gasteiger partial charge in [-0.05, 0) is 48.6 Å². The van der Waals surface area contributed by atoms with Crippen LogP contribution in [0.4, 0.5) is 4.39 Å². The van der Waals surface area contributed by atoms with Gasteiger partial charge >= 0.3 is 0 Å². The zero-order chi connectivity index (χ0) is 20.8. The first-order valence-electron chi connectivity index (χ1n) is 9.54. The average Bonchev–Trinajstić information content (AvgIpc) is 2.73. The maximum Gasteiger partial charge on any atom is 0.258 e. The van der Waals surface area contributed by atoms with Crippen LogP contribution >= 0.6 is 11.6 Å². The molecule has 2 aromatic carbocycles. The highest BCUT2D eigenvalue weighted by Gasteiger charge is 2.26. The molecule has 0 saturated carbocycles. The number of carbonyl (C=O) groups is 1. The zero-order valence-corrected chi connectivity index (χ0v) is 17.4. The molecule has 0 radical (unpaired) electrons. The summed E-state index contributed by atoms with van der Waals surface area (Å²) < 4.78 is 30.4. The molecule has 7 heteroatoms. The standard InChI is InChI=1S/C22H25ClFNO4/c1-27-17-10-16(11-18(12-17)28-2)14-29-13-15-6-8-25(9-7-15)22(26)21-19(23)4-3-5-20(21)24/h3-5,10-12,15H,6-9,13-14H2,1-2H3. The molecule has 29 heavy (non-hydrogen) atoms. The quantitative estimate of drug-likeness (QED) is 0.657. The van der Waals surface area contributed by atoms with Gasteiger partial charge in [0.1, 0.15) is 17.3 Å². The second-order valence-electron chi connectivity index (χ2n) is 7.07.